The fraction of sp³-hybridized carbons (Fsp3) is 0.381. The monoisotopic (exact) mass is 388 g/mol. The van der Waals surface area contributed by atoms with Gasteiger partial charge in [-0.3, -0.25) is 4.79 Å². The van der Waals surface area contributed by atoms with E-state index in [0.29, 0.717) is 41.6 Å². The van der Waals surface area contributed by atoms with Crippen LogP contribution < -0.4 is 19.5 Å². The number of hydrogen-bond acceptors (Lipinski definition) is 5. The second-order valence-corrected chi connectivity index (χ2v) is 6.60. The van der Waals surface area contributed by atoms with E-state index in [4.69, 9.17) is 14.2 Å². The number of likely N-dealkylation sites (tertiary alicyclic amines) is 1. The van der Waals surface area contributed by atoms with E-state index >= 15 is 0 Å². The Labute approximate surface area is 164 Å². The van der Waals surface area contributed by atoms with Gasteiger partial charge in [-0.1, -0.05) is 12.1 Å². The number of rotatable bonds is 6. The number of carbonyl (C=O) groups is 1. The van der Waals surface area contributed by atoms with Crippen LogP contribution in [-0.2, 0) is 0 Å². The van der Waals surface area contributed by atoms with Crippen LogP contribution in [0.2, 0.25) is 0 Å². The van der Waals surface area contributed by atoms with Crippen LogP contribution in [0.1, 0.15) is 23.2 Å². The lowest BCUT2D eigenvalue weighted by atomic mass is 10.0. The van der Waals surface area contributed by atoms with E-state index in [1.807, 2.05) is 0 Å². The van der Waals surface area contributed by atoms with E-state index < -0.39 is 0 Å². The highest BCUT2D eigenvalue weighted by Crippen LogP contribution is 2.38. The van der Waals surface area contributed by atoms with Crippen molar-refractivity contribution in [3.05, 3.63) is 47.8 Å². The normalized spacial score (nSPS) is 14.5. The zero-order valence-electron chi connectivity index (χ0n) is 16.3. The molecule has 0 bridgehead atoms. The molecule has 0 radical (unpaired) electrons. The maximum absolute atomic E-state index is 13.8. The number of ether oxygens (including phenoxy) is 3. The molecule has 1 fully saturated rings. The molecule has 1 aliphatic heterocycles. The fourth-order valence-electron chi connectivity index (χ4n) is 3.41. The summed E-state index contributed by atoms with van der Waals surface area (Å²) in [6, 6.07) is 10.1. The van der Waals surface area contributed by atoms with Crippen molar-refractivity contribution >= 4 is 11.6 Å². The topological polar surface area (TPSA) is 60.0 Å². The molecule has 1 saturated heterocycles. The molecule has 1 aliphatic rings. The molecule has 7 heteroatoms. The molecule has 0 atom stereocenters. The molecule has 1 amide bonds. The number of nitrogens with zero attached hydrogens (tertiary/aromatic N) is 1. The second kappa shape index (κ2) is 8.82. The standard InChI is InChI=1S/C21H25FN2O4/c1-26-18-12-14(13-19(27-2)20(18)28-3)21(25)24-10-8-15(9-11-24)23-17-7-5-4-6-16(17)22/h4-7,12-13,15,23H,8-11H2,1-3H3. The van der Waals surface area contributed by atoms with Crippen molar-refractivity contribution in [3.63, 3.8) is 0 Å². The Kier molecular flexibility index (Phi) is 6.23. The smallest absolute Gasteiger partial charge is 0.254 e. The number of nitrogens with one attached hydrogen (secondary N) is 1. The van der Waals surface area contributed by atoms with Gasteiger partial charge in [0.1, 0.15) is 5.82 Å². The van der Waals surface area contributed by atoms with Crippen LogP contribution in [0.5, 0.6) is 17.2 Å². The number of methoxy groups -OCH3 is 3. The highest BCUT2D eigenvalue weighted by atomic mass is 19.1. The molecule has 2 aromatic carbocycles. The third-order valence-electron chi connectivity index (χ3n) is 4.93. The number of benzene rings is 2. The molecule has 6 nitrogen and oxygen atoms in total. The Morgan fingerprint density at radius 3 is 2.18 bits per heavy atom. The number of hydrogen-bond donors (Lipinski definition) is 1. The summed E-state index contributed by atoms with van der Waals surface area (Å²) in [5.41, 5.74) is 0.979. The molecule has 28 heavy (non-hydrogen) atoms. The Balaban J connectivity index is 1.67. The lowest BCUT2D eigenvalue weighted by molar-refractivity contribution is 0.0717. The first-order valence-electron chi connectivity index (χ1n) is 9.17. The predicted octanol–water partition coefficient (Wildman–Crippen LogP) is 3.57. The molecular formula is C21H25FN2O4. The van der Waals surface area contributed by atoms with E-state index in [0.717, 1.165) is 12.8 Å². The van der Waals surface area contributed by atoms with Gasteiger partial charge in [0, 0.05) is 24.7 Å². The summed E-state index contributed by atoms with van der Waals surface area (Å²) in [5.74, 6) is 0.985. The number of piperidine rings is 1. The van der Waals surface area contributed by atoms with Gasteiger partial charge >= 0.3 is 0 Å². The molecule has 1 heterocycles. The van der Waals surface area contributed by atoms with Crippen LogP contribution in [-0.4, -0.2) is 51.3 Å². The summed E-state index contributed by atoms with van der Waals surface area (Å²) in [6.45, 7) is 1.17. The summed E-state index contributed by atoms with van der Waals surface area (Å²) in [6.07, 6.45) is 1.48. The van der Waals surface area contributed by atoms with Crippen LogP contribution in [0.15, 0.2) is 36.4 Å². The SMILES string of the molecule is COc1cc(C(=O)N2CCC(Nc3ccccc3F)CC2)cc(OC)c1OC. The first-order chi connectivity index (χ1) is 13.6. The van der Waals surface area contributed by atoms with E-state index in [2.05, 4.69) is 5.32 Å². The van der Waals surface area contributed by atoms with Crippen molar-refractivity contribution < 1.29 is 23.4 Å². The fourth-order valence-corrected chi connectivity index (χ4v) is 3.41. The second-order valence-electron chi connectivity index (χ2n) is 6.60. The first kappa shape index (κ1) is 19.8. The summed E-state index contributed by atoms with van der Waals surface area (Å²) >= 11 is 0. The van der Waals surface area contributed by atoms with Gasteiger partial charge in [-0.2, -0.15) is 0 Å². The summed E-state index contributed by atoms with van der Waals surface area (Å²) in [4.78, 5) is 14.7. The molecule has 0 aliphatic carbocycles. The Morgan fingerprint density at radius 2 is 1.64 bits per heavy atom. The Bertz CT molecular complexity index is 810. The average molecular weight is 388 g/mol. The average Bonchev–Trinajstić information content (AvgIpc) is 2.74. The van der Waals surface area contributed by atoms with E-state index in [1.54, 1.807) is 35.2 Å². The van der Waals surface area contributed by atoms with E-state index in [1.165, 1.54) is 27.4 Å². The molecule has 0 spiro atoms. The van der Waals surface area contributed by atoms with Gasteiger partial charge in [-0.05, 0) is 37.1 Å². The summed E-state index contributed by atoms with van der Waals surface area (Å²) in [5, 5.41) is 3.23. The maximum atomic E-state index is 13.8. The van der Waals surface area contributed by atoms with Crippen LogP contribution in [0.25, 0.3) is 0 Å². The highest BCUT2D eigenvalue weighted by Gasteiger charge is 2.26. The molecule has 1 N–H and O–H groups in total. The van der Waals surface area contributed by atoms with E-state index in [9.17, 15) is 9.18 Å². The minimum atomic E-state index is -0.265. The quantitative estimate of drug-likeness (QED) is 0.820. The first-order valence-corrected chi connectivity index (χ1v) is 9.17. The van der Waals surface area contributed by atoms with Gasteiger partial charge < -0.3 is 24.4 Å². The van der Waals surface area contributed by atoms with Gasteiger partial charge in [0.25, 0.3) is 5.91 Å². The van der Waals surface area contributed by atoms with Gasteiger partial charge in [-0.15, -0.1) is 0 Å². The highest BCUT2D eigenvalue weighted by molar-refractivity contribution is 5.95. The third kappa shape index (κ3) is 4.13. The molecule has 3 rings (SSSR count). The zero-order valence-corrected chi connectivity index (χ0v) is 16.3. The lowest BCUT2D eigenvalue weighted by Gasteiger charge is -2.33. The van der Waals surface area contributed by atoms with Gasteiger partial charge in [-0.25, -0.2) is 4.39 Å². The number of halogens is 1. The Hall–Kier alpha value is -2.96. The minimum absolute atomic E-state index is 0.0939. The molecule has 0 unspecified atom stereocenters. The van der Waals surface area contributed by atoms with Crippen LogP contribution >= 0.6 is 0 Å². The number of anilines is 1. The van der Waals surface area contributed by atoms with Crippen molar-refractivity contribution in [1.82, 2.24) is 4.90 Å². The summed E-state index contributed by atoms with van der Waals surface area (Å²) in [7, 11) is 4.56. The van der Waals surface area contributed by atoms with Gasteiger partial charge in [0.15, 0.2) is 11.5 Å². The number of para-hydroxylation sites is 1. The largest absolute Gasteiger partial charge is 0.493 e. The van der Waals surface area contributed by atoms with Crippen molar-refractivity contribution in [3.8, 4) is 17.2 Å². The lowest BCUT2D eigenvalue weighted by Crippen LogP contribution is -2.42. The number of amides is 1. The van der Waals surface area contributed by atoms with Crippen molar-refractivity contribution in [2.45, 2.75) is 18.9 Å². The van der Waals surface area contributed by atoms with Gasteiger partial charge in [0.05, 0.1) is 27.0 Å². The molecule has 0 aromatic heterocycles. The van der Waals surface area contributed by atoms with Crippen LogP contribution in [0.4, 0.5) is 10.1 Å². The molecule has 2 aromatic rings. The Morgan fingerprint density at radius 1 is 1.04 bits per heavy atom. The van der Waals surface area contributed by atoms with Crippen LogP contribution in [0.3, 0.4) is 0 Å². The predicted molar refractivity (Wildman–Crippen MR) is 105 cm³/mol. The molecule has 150 valence electrons. The van der Waals surface area contributed by atoms with Crippen molar-refractivity contribution in [1.29, 1.82) is 0 Å². The minimum Gasteiger partial charge on any atom is -0.493 e. The summed E-state index contributed by atoms with van der Waals surface area (Å²) < 4.78 is 29.8. The van der Waals surface area contributed by atoms with Gasteiger partial charge in [0.2, 0.25) is 5.75 Å². The zero-order chi connectivity index (χ0) is 20.1. The maximum Gasteiger partial charge on any atom is 0.254 e. The van der Waals surface area contributed by atoms with Crippen molar-refractivity contribution in [2.24, 2.45) is 0 Å². The van der Waals surface area contributed by atoms with E-state index in [-0.39, 0.29) is 17.8 Å². The van der Waals surface area contributed by atoms with Crippen LogP contribution in [0, 0.1) is 5.82 Å². The number of carbonyl (C=O) groups excluding carboxylic acids is 1. The molecular weight excluding hydrogens is 363 g/mol. The molecule has 0 saturated carbocycles. The third-order valence-corrected chi connectivity index (χ3v) is 4.93. The van der Waals surface area contributed by atoms with Crippen molar-refractivity contribution in [2.75, 3.05) is 39.7 Å².